The van der Waals surface area contributed by atoms with Crippen LogP contribution in [-0.4, -0.2) is 35.8 Å². The molecule has 0 aromatic heterocycles. The Morgan fingerprint density at radius 3 is 2.48 bits per heavy atom. The van der Waals surface area contributed by atoms with Crippen LogP contribution in [0.15, 0.2) is 30.3 Å². The number of piperidine rings is 1. The first-order chi connectivity index (χ1) is 10.1. The molecule has 1 saturated heterocycles. The zero-order chi connectivity index (χ0) is 15.2. The van der Waals surface area contributed by atoms with E-state index in [0.29, 0.717) is 6.54 Å². The maximum absolute atomic E-state index is 12.2. The average Bonchev–Trinajstić information content (AvgIpc) is 2.53. The molecule has 1 unspecified atom stereocenters. The lowest BCUT2D eigenvalue weighted by atomic mass is 9.95. The number of amides is 2. The summed E-state index contributed by atoms with van der Waals surface area (Å²) >= 11 is 0. The first-order valence-electron chi connectivity index (χ1n) is 7.43. The van der Waals surface area contributed by atoms with Gasteiger partial charge in [-0.1, -0.05) is 30.3 Å². The second kappa shape index (κ2) is 7.22. The Bertz CT molecular complexity index is 482. The minimum atomic E-state index is -0.226. The van der Waals surface area contributed by atoms with E-state index in [1.54, 1.807) is 0 Å². The van der Waals surface area contributed by atoms with Gasteiger partial charge in [-0.25, -0.2) is 0 Å². The lowest BCUT2D eigenvalue weighted by molar-refractivity contribution is -0.127. The van der Waals surface area contributed by atoms with Gasteiger partial charge in [-0.2, -0.15) is 0 Å². The van der Waals surface area contributed by atoms with E-state index in [4.69, 9.17) is 5.73 Å². The van der Waals surface area contributed by atoms with Crippen LogP contribution in [0, 0.1) is 5.92 Å². The van der Waals surface area contributed by atoms with Gasteiger partial charge in [0.1, 0.15) is 0 Å². The van der Waals surface area contributed by atoms with Crippen molar-refractivity contribution in [2.45, 2.75) is 32.4 Å². The smallest absolute Gasteiger partial charge is 0.237 e. The van der Waals surface area contributed by atoms with Gasteiger partial charge in [-0.3, -0.25) is 14.5 Å². The van der Waals surface area contributed by atoms with Gasteiger partial charge in [0, 0.05) is 12.5 Å². The molecule has 1 aliphatic heterocycles. The number of nitrogens with two attached hydrogens (primary N) is 1. The van der Waals surface area contributed by atoms with Crippen molar-refractivity contribution in [2.24, 2.45) is 11.7 Å². The van der Waals surface area contributed by atoms with Gasteiger partial charge in [0.05, 0.1) is 6.04 Å². The van der Waals surface area contributed by atoms with Gasteiger partial charge in [-0.05, 0) is 38.4 Å². The number of nitrogens with one attached hydrogen (secondary N) is 1. The molecule has 0 saturated carbocycles. The summed E-state index contributed by atoms with van der Waals surface area (Å²) in [5.41, 5.74) is 6.41. The molecule has 5 heteroatoms. The van der Waals surface area contributed by atoms with Crippen molar-refractivity contribution >= 4 is 11.8 Å². The molecule has 2 rings (SSSR count). The van der Waals surface area contributed by atoms with Gasteiger partial charge in [-0.15, -0.1) is 0 Å². The predicted molar refractivity (Wildman–Crippen MR) is 81.2 cm³/mol. The summed E-state index contributed by atoms with van der Waals surface area (Å²) in [7, 11) is 0. The van der Waals surface area contributed by atoms with Crippen LogP contribution < -0.4 is 11.1 Å². The first-order valence-corrected chi connectivity index (χ1v) is 7.43. The highest BCUT2D eigenvalue weighted by atomic mass is 16.2. The fraction of sp³-hybridized carbons (Fsp3) is 0.500. The highest BCUT2D eigenvalue weighted by Crippen LogP contribution is 2.18. The number of hydrogen-bond donors (Lipinski definition) is 2. The third-order valence-corrected chi connectivity index (χ3v) is 4.17. The third kappa shape index (κ3) is 4.29. The van der Waals surface area contributed by atoms with Crippen LogP contribution in [-0.2, 0) is 16.1 Å². The van der Waals surface area contributed by atoms with E-state index in [9.17, 15) is 9.59 Å². The molecule has 2 amide bonds. The van der Waals surface area contributed by atoms with Crippen molar-refractivity contribution in [3.05, 3.63) is 35.9 Å². The molecule has 0 aliphatic carbocycles. The Labute approximate surface area is 125 Å². The van der Waals surface area contributed by atoms with E-state index in [1.165, 1.54) is 0 Å². The monoisotopic (exact) mass is 289 g/mol. The molecule has 1 aromatic carbocycles. The van der Waals surface area contributed by atoms with E-state index in [1.807, 2.05) is 37.3 Å². The van der Waals surface area contributed by atoms with Gasteiger partial charge >= 0.3 is 0 Å². The predicted octanol–water partition coefficient (Wildman–Crippen LogP) is 0.889. The molecule has 0 radical (unpaired) electrons. The van der Waals surface area contributed by atoms with Crippen LogP contribution >= 0.6 is 0 Å². The number of nitrogens with zero attached hydrogens (tertiary/aromatic N) is 1. The molecule has 0 bridgehead atoms. The molecule has 1 atom stereocenters. The highest BCUT2D eigenvalue weighted by Gasteiger charge is 2.28. The topological polar surface area (TPSA) is 75.4 Å². The van der Waals surface area contributed by atoms with Crippen molar-refractivity contribution in [1.82, 2.24) is 10.2 Å². The van der Waals surface area contributed by atoms with Crippen molar-refractivity contribution in [2.75, 3.05) is 13.1 Å². The van der Waals surface area contributed by atoms with E-state index < -0.39 is 0 Å². The third-order valence-electron chi connectivity index (χ3n) is 4.17. The highest BCUT2D eigenvalue weighted by molar-refractivity contribution is 5.81. The Hall–Kier alpha value is -1.88. The largest absolute Gasteiger partial charge is 0.369 e. The fourth-order valence-corrected chi connectivity index (χ4v) is 2.67. The lowest BCUT2D eigenvalue weighted by Gasteiger charge is -2.34. The zero-order valence-electron chi connectivity index (χ0n) is 12.4. The van der Waals surface area contributed by atoms with Gasteiger partial charge in [0.25, 0.3) is 0 Å². The number of carbonyl (C=O) groups excluding carboxylic acids is 2. The molecular formula is C16H23N3O2. The first kappa shape index (κ1) is 15.5. The number of hydrogen-bond acceptors (Lipinski definition) is 3. The Morgan fingerprint density at radius 1 is 1.29 bits per heavy atom. The average molecular weight is 289 g/mol. The van der Waals surface area contributed by atoms with Crippen LogP contribution in [0.2, 0.25) is 0 Å². The van der Waals surface area contributed by atoms with E-state index >= 15 is 0 Å². The van der Waals surface area contributed by atoms with Crippen LogP contribution in [0.25, 0.3) is 0 Å². The molecule has 1 heterocycles. The Balaban J connectivity index is 1.79. The molecule has 3 N–H and O–H groups in total. The summed E-state index contributed by atoms with van der Waals surface area (Å²) in [6.45, 7) is 3.94. The minimum absolute atomic E-state index is 0.0244. The molecule has 114 valence electrons. The van der Waals surface area contributed by atoms with E-state index in [-0.39, 0.29) is 23.8 Å². The van der Waals surface area contributed by atoms with E-state index in [2.05, 4.69) is 10.2 Å². The number of carbonyl (C=O) groups is 2. The number of likely N-dealkylation sites (tertiary alicyclic amines) is 1. The van der Waals surface area contributed by atoms with Crippen molar-refractivity contribution < 1.29 is 9.59 Å². The molecule has 5 nitrogen and oxygen atoms in total. The second-order valence-corrected chi connectivity index (χ2v) is 5.59. The SMILES string of the molecule is CC(C(=O)NCc1ccccc1)N1CCC(C(N)=O)CC1. The zero-order valence-corrected chi connectivity index (χ0v) is 12.4. The van der Waals surface area contributed by atoms with Crippen LogP contribution in [0.5, 0.6) is 0 Å². The number of benzene rings is 1. The minimum Gasteiger partial charge on any atom is -0.369 e. The standard InChI is InChI=1S/C16H23N3O2/c1-12(19-9-7-14(8-10-19)15(17)20)16(21)18-11-13-5-3-2-4-6-13/h2-6,12,14H,7-11H2,1H3,(H2,17,20)(H,18,21). The Morgan fingerprint density at radius 2 is 1.90 bits per heavy atom. The molecule has 1 fully saturated rings. The summed E-state index contributed by atoms with van der Waals surface area (Å²) in [5, 5.41) is 2.96. The van der Waals surface area contributed by atoms with Crippen LogP contribution in [0.4, 0.5) is 0 Å². The van der Waals surface area contributed by atoms with Gasteiger partial charge in [0.2, 0.25) is 11.8 Å². The van der Waals surface area contributed by atoms with Crippen molar-refractivity contribution in [3.63, 3.8) is 0 Å². The van der Waals surface area contributed by atoms with Crippen LogP contribution in [0.3, 0.4) is 0 Å². The van der Waals surface area contributed by atoms with Crippen molar-refractivity contribution in [3.8, 4) is 0 Å². The second-order valence-electron chi connectivity index (χ2n) is 5.59. The lowest BCUT2D eigenvalue weighted by Crippen LogP contribution is -2.49. The molecular weight excluding hydrogens is 266 g/mol. The summed E-state index contributed by atoms with van der Waals surface area (Å²) in [6, 6.07) is 9.67. The van der Waals surface area contributed by atoms with Gasteiger partial charge in [0.15, 0.2) is 0 Å². The summed E-state index contributed by atoms with van der Waals surface area (Å²) in [4.78, 5) is 25.4. The van der Waals surface area contributed by atoms with Crippen molar-refractivity contribution in [1.29, 1.82) is 0 Å². The van der Waals surface area contributed by atoms with Crippen LogP contribution in [0.1, 0.15) is 25.3 Å². The number of primary amides is 1. The number of rotatable bonds is 5. The Kier molecular flexibility index (Phi) is 5.33. The maximum atomic E-state index is 12.2. The fourth-order valence-electron chi connectivity index (χ4n) is 2.67. The normalized spacial score (nSPS) is 18.1. The molecule has 1 aliphatic rings. The quantitative estimate of drug-likeness (QED) is 0.845. The molecule has 0 spiro atoms. The molecule has 21 heavy (non-hydrogen) atoms. The summed E-state index contributed by atoms with van der Waals surface area (Å²) in [5.74, 6) is -0.243. The molecule has 1 aromatic rings. The summed E-state index contributed by atoms with van der Waals surface area (Å²) in [6.07, 6.45) is 1.48. The van der Waals surface area contributed by atoms with Gasteiger partial charge < -0.3 is 11.1 Å². The summed E-state index contributed by atoms with van der Waals surface area (Å²) < 4.78 is 0. The van der Waals surface area contributed by atoms with E-state index in [0.717, 1.165) is 31.5 Å². The maximum Gasteiger partial charge on any atom is 0.237 e.